The summed E-state index contributed by atoms with van der Waals surface area (Å²) in [5, 5.41) is 0.948. The summed E-state index contributed by atoms with van der Waals surface area (Å²) >= 11 is 0. The lowest BCUT2D eigenvalue weighted by Crippen LogP contribution is -2.36. The molecule has 0 bridgehead atoms. The number of ether oxygens (including phenoxy) is 1. The summed E-state index contributed by atoms with van der Waals surface area (Å²) in [5.74, 6) is 0.959. The number of rotatable bonds is 6. The third-order valence-corrected chi connectivity index (χ3v) is 6.24. The number of nitrogens with one attached hydrogen (secondary N) is 1. The van der Waals surface area contributed by atoms with Crippen molar-refractivity contribution in [2.45, 2.75) is 13.3 Å². The number of hydrogen-bond donors (Lipinski definition) is 1. The Balaban J connectivity index is 1.70. The van der Waals surface area contributed by atoms with Crippen LogP contribution in [0.3, 0.4) is 0 Å². The molecule has 0 spiro atoms. The fourth-order valence-electron chi connectivity index (χ4n) is 3.40. The number of benzene rings is 1. The van der Waals surface area contributed by atoms with Crippen LogP contribution >= 0.6 is 0 Å². The molecule has 29 heavy (non-hydrogen) atoms. The Bertz CT molecular complexity index is 1110. The number of morpholine rings is 1. The predicted octanol–water partition coefficient (Wildman–Crippen LogP) is 2.68. The lowest BCUT2D eigenvalue weighted by atomic mass is 10.0. The first-order valence-electron chi connectivity index (χ1n) is 9.59. The van der Waals surface area contributed by atoms with E-state index >= 15 is 0 Å². The minimum atomic E-state index is -3.37. The van der Waals surface area contributed by atoms with Gasteiger partial charge in [0.05, 0.1) is 36.4 Å². The quantitative estimate of drug-likeness (QED) is 0.663. The third kappa shape index (κ3) is 4.46. The number of hydrogen-bond acceptors (Lipinski definition) is 7. The molecule has 1 aliphatic rings. The Labute approximate surface area is 170 Å². The van der Waals surface area contributed by atoms with E-state index in [0.29, 0.717) is 25.3 Å². The second-order valence-electron chi connectivity index (χ2n) is 6.91. The van der Waals surface area contributed by atoms with Crippen molar-refractivity contribution in [3.05, 3.63) is 43.0 Å². The summed E-state index contributed by atoms with van der Waals surface area (Å²) in [5.41, 5.74) is 3.05. The second-order valence-corrected chi connectivity index (χ2v) is 8.75. The fraction of sp³-hybridized carbons (Fsp3) is 0.350. The van der Waals surface area contributed by atoms with Crippen molar-refractivity contribution in [2.24, 2.45) is 0 Å². The summed E-state index contributed by atoms with van der Waals surface area (Å²) in [6, 6.07) is 7.73. The van der Waals surface area contributed by atoms with Crippen molar-refractivity contribution in [1.29, 1.82) is 0 Å². The average molecular weight is 414 g/mol. The van der Waals surface area contributed by atoms with Crippen LogP contribution in [-0.4, -0.2) is 55.4 Å². The van der Waals surface area contributed by atoms with Crippen LogP contribution in [0.2, 0.25) is 0 Å². The molecule has 1 N–H and O–H groups in total. The van der Waals surface area contributed by atoms with Gasteiger partial charge in [-0.05, 0) is 30.2 Å². The molecule has 0 saturated carbocycles. The number of pyridine rings is 1. The van der Waals surface area contributed by atoms with E-state index in [1.54, 1.807) is 18.6 Å². The van der Waals surface area contributed by atoms with Crippen LogP contribution in [0.5, 0.6) is 0 Å². The van der Waals surface area contributed by atoms with Crippen molar-refractivity contribution in [3.8, 4) is 11.1 Å². The van der Waals surface area contributed by atoms with Crippen molar-refractivity contribution >= 4 is 32.4 Å². The molecule has 1 aromatic carbocycles. The molecule has 0 unspecified atom stereocenters. The Morgan fingerprint density at radius 3 is 2.72 bits per heavy atom. The van der Waals surface area contributed by atoms with Crippen LogP contribution in [0, 0.1) is 0 Å². The van der Waals surface area contributed by atoms with E-state index in [1.165, 1.54) is 6.20 Å². The van der Waals surface area contributed by atoms with Crippen LogP contribution in [0.4, 0.5) is 11.5 Å². The first-order chi connectivity index (χ1) is 14.1. The highest BCUT2D eigenvalue weighted by atomic mass is 32.2. The highest BCUT2D eigenvalue weighted by Crippen LogP contribution is 2.30. The third-order valence-electron chi connectivity index (χ3n) is 4.74. The molecule has 0 aliphatic carbocycles. The predicted molar refractivity (Wildman–Crippen MR) is 114 cm³/mol. The van der Waals surface area contributed by atoms with Gasteiger partial charge >= 0.3 is 0 Å². The number of aromatic nitrogens is 3. The van der Waals surface area contributed by atoms with E-state index < -0.39 is 10.0 Å². The average Bonchev–Trinajstić information content (AvgIpc) is 2.73. The van der Waals surface area contributed by atoms with E-state index in [2.05, 4.69) is 24.6 Å². The molecule has 152 valence electrons. The van der Waals surface area contributed by atoms with Gasteiger partial charge in [-0.2, -0.15) is 0 Å². The largest absolute Gasteiger partial charge is 0.378 e. The van der Waals surface area contributed by atoms with Crippen LogP contribution in [0.1, 0.15) is 13.3 Å². The number of sulfonamides is 1. The SMILES string of the molecule is CCCS(=O)(=O)Nc1cncc(-c2ccc3ncnc(N4CCOCC4)c3c2)c1. The van der Waals surface area contributed by atoms with Crippen molar-refractivity contribution in [1.82, 2.24) is 15.0 Å². The van der Waals surface area contributed by atoms with Crippen LogP contribution in [0.25, 0.3) is 22.0 Å². The number of fused-ring (bicyclic) bond motifs is 1. The first kappa shape index (κ1) is 19.5. The lowest BCUT2D eigenvalue weighted by Gasteiger charge is -2.28. The van der Waals surface area contributed by atoms with E-state index in [0.717, 1.165) is 40.9 Å². The van der Waals surface area contributed by atoms with Crippen molar-refractivity contribution in [2.75, 3.05) is 41.7 Å². The van der Waals surface area contributed by atoms with Gasteiger partial charge in [-0.1, -0.05) is 13.0 Å². The van der Waals surface area contributed by atoms with Crippen LogP contribution < -0.4 is 9.62 Å². The highest BCUT2D eigenvalue weighted by molar-refractivity contribution is 7.92. The van der Waals surface area contributed by atoms with E-state index in [1.807, 2.05) is 25.1 Å². The summed E-state index contributed by atoms with van der Waals surface area (Å²) in [6.07, 6.45) is 5.37. The summed E-state index contributed by atoms with van der Waals surface area (Å²) in [4.78, 5) is 15.3. The highest BCUT2D eigenvalue weighted by Gasteiger charge is 2.16. The maximum Gasteiger partial charge on any atom is 0.232 e. The molecule has 0 radical (unpaired) electrons. The molecular formula is C20H23N5O3S. The summed E-state index contributed by atoms with van der Waals surface area (Å²) < 4.78 is 32.2. The summed E-state index contributed by atoms with van der Waals surface area (Å²) in [6.45, 7) is 4.75. The van der Waals surface area contributed by atoms with E-state index in [9.17, 15) is 8.42 Å². The standard InChI is InChI=1S/C20H23N5O3S/c1-2-9-29(26,27)24-17-10-16(12-21-13-17)15-3-4-19-18(11-15)20(23-14-22-19)25-5-7-28-8-6-25/h3-4,10-14,24H,2,5-9H2,1H3. The molecule has 0 amide bonds. The zero-order valence-corrected chi connectivity index (χ0v) is 17.0. The molecule has 1 saturated heterocycles. The van der Waals surface area contributed by atoms with Crippen molar-refractivity contribution in [3.63, 3.8) is 0 Å². The van der Waals surface area contributed by atoms with Gasteiger partial charge in [-0.15, -0.1) is 0 Å². The van der Waals surface area contributed by atoms with Gasteiger partial charge in [0, 0.05) is 30.2 Å². The normalized spacial score (nSPS) is 14.9. The molecule has 8 nitrogen and oxygen atoms in total. The van der Waals surface area contributed by atoms with Gasteiger partial charge in [-0.3, -0.25) is 9.71 Å². The van der Waals surface area contributed by atoms with Gasteiger partial charge in [0.15, 0.2) is 0 Å². The summed E-state index contributed by atoms with van der Waals surface area (Å²) in [7, 11) is -3.37. The molecule has 9 heteroatoms. The van der Waals surface area contributed by atoms with Gasteiger partial charge < -0.3 is 9.64 Å². The maximum absolute atomic E-state index is 12.1. The monoisotopic (exact) mass is 413 g/mol. The van der Waals surface area contributed by atoms with Crippen LogP contribution in [-0.2, 0) is 14.8 Å². The number of nitrogens with zero attached hydrogens (tertiary/aromatic N) is 4. The smallest absolute Gasteiger partial charge is 0.232 e. The van der Waals surface area contributed by atoms with Gasteiger partial charge in [0.2, 0.25) is 10.0 Å². The molecule has 2 aromatic heterocycles. The molecular weight excluding hydrogens is 390 g/mol. The zero-order chi connectivity index (χ0) is 20.3. The lowest BCUT2D eigenvalue weighted by molar-refractivity contribution is 0.122. The van der Waals surface area contributed by atoms with Gasteiger partial charge in [-0.25, -0.2) is 18.4 Å². The fourth-order valence-corrected chi connectivity index (χ4v) is 4.51. The maximum atomic E-state index is 12.1. The zero-order valence-electron chi connectivity index (χ0n) is 16.2. The Morgan fingerprint density at radius 2 is 1.93 bits per heavy atom. The number of anilines is 2. The molecule has 1 aliphatic heterocycles. The van der Waals surface area contributed by atoms with E-state index in [4.69, 9.17) is 4.74 Å². The van der Waals surface area contributed by atoms with Crippen molar-refractivity contribution < 1.29 is 13.2 Å². The molecule has 3 heterocycles. The molecule has 4 rings (SSSR count). The first-order valence-corrected chi connectivity index (χ1v) is 11.2. The minimum absolute atomic E-state index is 0.0768. The topological polar surface area (TPSA) is 97.3 Å². The Hall–Kier alpha value is -2.78. The molecule has 1 fully saturated rings. The molecule has 0 atom stereocenters. The van der Waals surface area contributed by atoms with E-state index in [-0.39, 0.29) is 5.75 Å². The Morgan fingerprint density at radius 1 is 1.10 bits per heavy atom. The Kier molecular flexibility index (Phi) is 5.59. The minimum Gasteiger partial charge on any atom is -0.378 e. The molecule has 3 aromatic rings. The van der Waals surface area contributed by atoms with Gasteiger partial charge in [0.1, 0.15) is 12.1 Å². The second kappa shape index (κ2) is 8.30. The van der Waals surface area contributed by atoms with Crippen LogP contribution in [0.15, 0.2) is 43.0 Å². The van der Waals surface area contributed by atoms with Gasteiger partial charge in [0.25, 0.3) is 0 Å².